The molecule has 0 saturated heterocycles. The van der Waals surface area contributed by atoms with Crippen LogP contribution >= 0.6 is 14.5 Å². The van der Waals surface area contributed by atoms with Crippen LogP contribution in [-0.4, -0.2) is 9.97 Å². The first-order valence-electron chi connectivity index (χ1n) is 14.7. The molecular formula is C39H41Au2Cl2N2O8P2-2. The van der Waals surface area contributed by atoms with Crippen molar-refractivity contribution in [2.75, 3.05) is 0 Å². The maximum Gasteiger partial charge on any atom is 3.00 e. The smallest absolute Gasteiger partial charge is 0.358 e. The summed E-state index contributed by atoms with van der Waals surface area (Å²) in [5.41, 5.74) is 0. The van der Waals surface area contributed by atoms with Crippen molar-refractivity contribution in [1.29, 1.82) is 0 Å². The Balaban J connectivity index is -0.000000627. The molecular weight excluding hydrogens is 1150 g/mol. The zero-order valence-electron chi connectivity index (χ0n) is 29.6. The summed E-state index contributed by atoms with van der Waals surface area (Å²) in [7, 11) is -13.2. The minimum atomic E-state index is -4.94. The van der Waals surface area contributed by atoms with Gasteiger partial charge in [-0.1, -0.05) is 84.9 Å². The van der Waals surface area contributed by atoms with E-state index >= 15 is 0 Å². The van der Waals surface area contributed by atoms with Crippen molar-refractivity contribution in [3.63, 3.8) is 0 Å². The number of nitrogens with zero attached hydrogens (tertiary/aromatic N) is 2. The number of rotatable bonds is 4. The fraction of sp³-hybridized carbons (Fsp3) is 0. The Labute approximate surface area is 362 Å². The molecule has 55 heavy (non-hydrogen) atoms. The first-order valence-corrected chi connectivity index (χ1v) is 21.5. The van der Waals surface area contributed by atoms with Gasteiger partial charge >= 0.3 is 22.4 Å². The molecule has 0 aliphatic carbocycles. The normalized spacial score (nSPS) is 10.1. The van der Waals surface area contributed by atoms with Gasteiger partial charge in [-0.3, -0.25) is 9.97 Å². The number of aromatic nitrogens is 2. The molecule has 2 aromatic heterocycles. The molecule has 6 aromatic rings. The van der Waals surface area contributed by atoms with Gasteiger partial charge in [0.05, 0.1) is 0 Å². The van der Waals surface area contributed by atoms with Crippen LogP contribution in [0.3, 0.4) is 0 Å². The number of halogens is 2. The maximum atomic E-state index is 8.49. The summed E-state index contributed by atoms with van der Waals surface area (Å²) in [5, 5.41) is 4.99. The molecule has 0 fully saturated rings. The van der Waals surface area contributed by atoms with E-state index in [1.54, 1.807) is 24.8 Å². The van der Waals surface area contributed by atoms with E-state index < -0.39 is 35.0 Å². The van der Waals surface area contributed by atoms with Gasteiger partial charge in [0, 0.05) is 68.4 Å². The van der Waals surface area contributed by atoms with Gasteiger partial charge in [-0.05, 0) is 72.8 Å². The number of hydrogen-bond donors (Lipinski definition) is 0. The first-order chi connectivity index (χ1) is 24.4. The molecule has 0 spiro atoms. The molecule has 6 rings (SSSR count). The molecule has 2 heterocycles. The van der Waals surface area contributed by atoms with E-state index in [4.69, 9.17) is 37.3 Å². The van der Waals surface area contributed by atoms with E-state index in [1.807, 2.05) is 109 Å². The van der Waals surface area contributed by atoms with Gasteiger partial charge in [0.15, 0.2) is 0 Å². The fourth-order valence-electron chi connectivity index (χ4n) is 3.78. The van der Waals surface area contributed by atoms with E-state index in [9.17, 15) is 0 Å². The van der Waals surface area contributed by atoms with Crippen LogP contribution in [0.25, 0.3) is 0 Å². The maximum absolute atomic E-state index is 8.49. The van der Waals surface area contributed by atoms with Crippen LogP contribution in [0.1, 0.15) is 0 Å². The molecule has 0 N–H and O–H groups in total. The molecule has 0 aliphatic heterocycles. The predicted octanol–water partition coefficient (Wildman–Crippen LogP) is -0.427. The minimum Gasteiger partial charge on any atom is -0.358 e. The zero-order valence-corrected chi connectivity index (χ0v) is 37.2. The topological polar surface area (TPSA) is 210 Å². The third kappa shape index (κ3) is 29.7. The van der Waals surface area contributed by atoms with Gasteiger partial charge in [0.1, 0.15) is 0 Å². The standard InChI is InChI=1S/2C14H14P.2C5H5N.CH3.2Au.2ClHO4/c2*1-15(2,13-9-5-3-6-10-13)14-11-7-4-8-12-14;2*1-2-4-6-5-3-1;;;;2*2-1(3,4)5/h2*3-12H,1-2H2;2*1-5H;1H3;;;2*(H,2,3,4,5)/q2*-1;;;-1;;+3;;/p-2. The van der Waals surface area contributed by atoms with E-state index in [0.717, 1.165) is 0 Å². The average molecular weight is 1190 g/mol. The van der Waals surface area contributed by atoms with Crippen molar-refractivity contribution in [1.82, 2.24) is 9.97 Å². The summed E-state index contributed by atoms with van der Waals surface area (Å²) < 4.78 is 67.9. The third-order valence-electron chi connectivity index (χ3n) is 6.13. The van der Waals surface area contributed by atoms with Crippen molar-refractivity contribution in [3.8, 4) is 0 Å². The van der Waals surface area contributed by atoms with E-state index in [2.05, 4.69) is 85.2 Å². The molecule has 1 radical (unpaired) electrons. The van der Waals surface area contributed by atoms with E-state index in [-0.39, 0.29) is 52.2 Å². The zero-order chi connectivity index (χ0) is 38.9. The molecule has 4 aromatic carbocycles. The van der Waals surface area contributed by atoms with Crippen LogP contribution < -0.4 is 58.5 Å². The average Bonchev–Trinajstić information content (AvgIpc) is 3.14. The number of pyridine rings is 2. The molecule has 0 aliphatic rings. The van der Waals surface area contributed by atoms with Gasteiger partial charge < -0.3 is 7.43 Å². The van der Waals surface area contributed by atoms with Crippen LogP contribution in [0.2, 0.25) is 0 Å². The third-order valence-corrected chi connectivity index (χ3v) is 11.3. The summed E-state index contributed by atoms with van der Waals surface area (Å²) in [6.07, 6.45) is 7.00. The Morgan fingerprint density at radius 1 is 0.345 bits per heavy atom. The van der Waals surface area contributed by atoms with Gasteiger partial charge in [0.2, 0.25) is 0 Å². The quantitative estimate of drug-likeness (QED) is 0.126. The Morgan fingerprint density at radius 2 is 0.491 bits per heavy atom. The number of benzene rings is 4. The summed E-state index contributed by atoms with van der Waals surface area (Å²) in [5.74, 6) is 0. The summed E-state index contributed by atoms with van der Waals surface area (Å²) >= 11 is 0. The van der Waals surface area contributed by atoms with Crippen LogP contribution in [0.4, 0.5) is 0 Å². The Bertz CT molecular complexity index is 1440. The Kier molecular flexibility index (Phi) is 32.0. The van der Waals surface area contributed by atoms with Crippen LogP contribution in [0.5, 0.6) is 0 Å². The van der Waals surface area contributed by atoms with E-state index in [1.165, 1.54) is 21.2 Å². The van der Waals surface area contributed by atoms with Crippen LogP contribution in [-0.2, 0) is 44.8 Å². The van der Waals surface area contributed by atoms with Crippen LogP contribution in [0.15, 0.2) is 183 Å². The van der Waals surface area contributed by atoms with Crippen molar-refractivity contribution in [2.45, 2.75) is 0 Å². The molecule has 303 valence electrons. The molecule has 0 bridgehead atoms. The summed E-state index contributed by atoms with van der Waals surface area (Å²) in [6, 6.07) is 52.8. The van der Waals surface area contributed by atoms with Gasteiger partial charge in [0.25, 0.3) is 0 Å². The second kappa shape index (κ2) is 30.9. The van der Waals surface area contributed by atoms with Gasteiger partial charge in [-0.2, -0.15) is 41.2 Å². The molecule has 10 nitrogen and oxygen atoms in total. The van der Waals surface area contributed by atoms with Crippen LogP contribution in [0, 0.1) is 54.6 Å². The molecule has 0 unspecified atom stereocenters. The Hall–Kier alpha value is -2.22. The monoisotopic (exact) mass is 1190 g/mol. The molecule has 0 atom stereocenters. The Morgan fingerprint density at radius 3 is 0.600 bits per heavy atom. The largest absolute Gasteiger partial charge is 3.00 e. The molecule has 0 saturated carbocycles. The predicted molar refractivity (Wildman–Crippen MR) is 194 cm³/mol. The second-order valence-corrected chi connectivity index (χ2v) is 17.5. The molecule has 0 amide bonds. The summed E-state index contributed by atoms with van der Waals surface area (Å²) in [6.45, 7) is 17.2. The van der Waals surface area contributed by atoms with Crippen molar-refractivity contribution in [3.05, 3.63) is 217 Å². The van der Waals surface area contributed by atoms with Crippen molar-refractivity contribution < 1.29 is 103 Å². The fourth-order valence-corrected chi connectivity index (χ4v) is 7.34. The second-order valence-electron chi connectivity index (χ2n) is 10.1. The van der Waals surface area contributed by atoms with Gasteiger partial charge in [-0.25, -0.2) is 37.3 Å². The van der Waals surface area contributed by atoms with E-state index in [0.29, 0.717) is 0 Å². The number of hydrogen-bond acceptors (Lipinski definition) is 10. The van der Waals surface area contributed by atoms with Gasteiger partial charge in [-0.15, -0.1) is 20.5 Å². The van der Waals surface area contributed by atoms with Crippen molar-refractivity contribution in [2.24, 2.45) is 0 Å². The van der Waals surface area contributed by atoms with Crippen molar-refractivity contribution >= 4 is 35.7 Å². The minimum absolute atomic E-state index is 0. The first kappa shape index (κ1) is 57.1. The molecule has 16 heteroatoms. The SMILES string of the molecule is [Au+3].[Au].[CH2-][P+]([CH2-])(c1ccccc1)c1ccccc1.[CH2-][P+]([CH2-])(c1ccccc1)c1ccccc1.[CH3-].[O-][Cl+3]([O-])([O-])[O-].[O-][Cl+3]([O-])([O-])[O-].c1ccncc1.c1ccncc1. The summed E-state index contributed by atoms with van der Waals surface area (Å²) in [4.78, 5) is 7.57.